The zero-order valence-electron chi connectivity index (χ0n) is 9.91. The molecular weight excluding hydrogens is 252 g/mol. The van der Waals surface area contributed by atoms with Crippen LogP contribution in [0.3, 0.4) is 0 Å². The maximum Gasteiger partial charge on any atom is 0.321 e. The second kappa shape index (κ2) is 5.83. The van der Waals surface area contributed by atoms with E-state index in [9.17, 15) is 4.79 Å². The Morgan fingerprint density at radius 2 is 2.33 bits per heavy atom. The van der Waals surface area contributed by atoms with E-state index in [0.29, 0.717) is 6.42 Å². The van der Waals surface area contributed by atoms with E-state index in [1.54, 1.807) is 4.09 Å². The lowest BCUT2D eigenvalue weighted by atomic mass is 10.2. The van der Waals surface area contributed by atoms with E-state index >= 15 is 0 Å². The fourth-order valence-corrected chi connectivity index (χ4v) is 2.32. The molecule has 0 spiro atoms. The van der Waals surface area contributed by atoms with Crippen LogP contribution in [-0.4, -0.2) is 31.5 Å². The summed E-state index contributed by atoms with van der Waals surface area (Å²) in [6, 6.07) is 6.95. The molecule has 6 nitrogen and oxygen atoms in total. The average molecular weight is 266 g/mol. The van der Waals surface area contributed by atoms with Crippen molar-refractivity contribution in [1.29, 1.82) is 0 Å². The summed E-state index contributed by atoms with van der Waals surface area (Å²) in [6.07, 6.45) is 1.39. The molecule has 7 heteroatoms. The van der Waals surface area contributed by atoms with Gasteiger partial charge in [0, 0.05) is 0 Å². The number of rotatable bonds is 6. The molecule has 18 heavy (non-hydrogen) atoms. The summed E-state index contributed by atoms with van der Waals surface area (Å²) >= 11 is 1.15. The third-order valence-corrected chi connectivity index (χ3v) is 3.31. The molecule has 1 heterocycles. The summed E-state index contributed by atoms with van der Waals surface area (Å²) in [6.45, 7) is 1.95. The molecule has 0 fully saturated rings. The highest BCUT2D eigenvalue weighted by Gasteiger charge is 2.16. The lowest BCUT2D eigenvalue weighted by Gasteiger charge is -2.11. The van der Waals surface area contributed by atoms with Crippen LogP contribution in [-0.2, 0) is 4.79 Å². The van der Waals surface area contributed by atoms with E-state index in [1.165, 1.54) is 0 Å². The molecule has 1 aromatic heterocycles. The minimum absolute atomic E-state index is 0.578. The fourth-order valence-electron chi connectivity index (χ4n) is 1.55. The Kier molecular flexibility index (Phi) is 4.16. The van der Waals surface area contributed by atoms with Gasteiger partial charge in [-0.2, -0.15) is 4.09 Å². The molecular formula is C11H14N4O2S. The fraction of sp³-hybridized carbons (Fsp3) is 0.364. The largest absolute Gasteiger partial charge is 0.480 e. The van der Waals surface area contributed by atoms with Crippen LogP contribution in [0.15, 0.2) is 24.3 Å². The van der Waals surface area contributed by atoms with Gasteiger partial charge < -0.3 is 5.11 Å². The summed E-state index contributed by atoms with van der Waals surface area (Å²) in [7, 11) is 0. The van der Waals surface area contributed by atoms with Gasteiger partial charge in [0.25, 0.3) is 0 Å². The molecule has 2 rings (SSSR count). The Hall–Kier alpha value is -1.60. The Balaban J connectivity index is 2.07. The number of benzene rings is 1. The normalized spacial score (nSPS) is 12.7. The zero-order valence-corrected chi connectivity index (χ0v) is 10.7. The van der Waals surface area contributed by atoms with Gasteiger partial charge in [0.15, 0.2) is 0 Å². The van der Waals surface area contributed by atoms with Crippen LogP contribution >= 0.6 is 12.1 Å². The van der Waals surface area contributed by atoms with Crippen LogP contribution in [0.25, 0.3) is 11.0 Å². The molecule has 0 amide bonds. The van der Waals surface area contributed by atoms with Crippen LogP contribution in [0.4, 0.5) is 0 Å². The molecule has 0 aliphatic rings. The van der Waals surface area contributed by atoms with E-state index in [0.717, 1.165) is 29.6 Å². The number of nitrogens with zero attached hydrogens (tertiary/aromatic N) is 3. The van der Waals surface area contributed by atoms with Gasteiger partial charge in [-0.25, -0.2) is 4.72 Å². The summed E-state index contributed by atoms with van der Waals surface area (Å²) in [5.74, 6) is -0.853. The minimum Gasteiger partial charge on any atom is -0.480 e. The lowest BCUT2D eigenvalue weighted by molar-refractivity contribution is -0.139. The molecule has 1 atom stereocenters. The van der Waals surface area contributed by atoms with Crippen LogP contribution < -0.4 is 4.72 Å². The maximum atomic E-state index is 11.0. The average Bonchev–Trinajstić information content (AvgIpc) is 2.77. The third kappa shape index (κ3) is 2.80. The van der Waals surface area contributed by atoms with Crippen molar-refractivity contribution in [2.45, 2.75) is 25.8 Å². The van der Waals surface area contributed by atoms with Crippen molar-refractivity contribution < 1.29 is 9.90 Å². The van der Waals surface area contributed by atoms with E-state index in [-0.39, 0.29) is 0 Å². The van der Waals surface area contributed by atoms with E-state index < -0.39 is 12.0 Å². The standard InChI is InChI=1S/C11H14N4O2S/c1-2-5-9(11(16)17)13-18-15-10-7-4-3-6-8(10)12-14-15/h3-4,6-7,9,13H,2,5H2,1H3,(H,16,17)/t9-/m0/s1. The van der Waals surface area contributed by atoms with Gasteiger partial charge in [0.05, 0.1) is 12.1 Å². The number of aliphatic carboxylic acids is 1. The van der Waals surface area contributed by atoms with Gasteiger partial charge in [-0.15, -0.1) is 5.10 Å². The van der Waals surface area contributed by atoms with Gasteiger partial charge >= 0.3 is 5.97 Å². The van der Waals surface area contributed by atoms with Crippen LogP contribution in [0.1, 0.15) is 19.8 Å². The van der Waals surface area contributed by atoms with E-state index in [1.807, 2.05) is 31.2 Å². The van der Waals surface area contributed by atoms with Crippen LogP contribution in [0.2, 0.25) is 0 Å². The van der Waals surface area contributed by atoms with Crippen molar-refractivity contribution in [2.24, 2.45) is 0 Å². The molecule has 0 saturated carbocycles. The van der Waals surface area contributed by atoms with Gasteiger partial charge in [0.2, 0.25) is 0 Å². The lowest BCUT2D eigenvalue weighted by Crippen LogP contribution is -2.32. The number of hydrogen-bond donors (Lipinski definition) is 2. The summed E-state index contributed by atoms with van der Waals surface area (Å²) in [5, 5.41) is 17.0. The molecule has 0 aliphatic heterocycles. The number of para-hydroxylation sites is 1. The van der Waals surface area contributed by atoms with Crippen LogP contribution in [0.5, 0.6) is 0 Å². The Morgan fingerprint density at radius 1 is 1.56 bits per heavy atom. The van der Waals surface area contributed by atoms with Crippen molar-refractivity contribution in [2.75, 3.05) is 0 Å². The molecule has 0 unspecified atom stereocenters. The third-order valence-electron chi connectivity index (χ3n) is 2.48. The van der Waals surface area contributed by atoms with Crippen molar-refractivity contribution >= 4 is 29.1 Å². The minimum atomic E-state index is -0.853. The van der Waals surface area contributed by atoms with Gasteiger partial charge in [-0.05, 0) is 18.6 Å². The van der Waals surface area contributed by atoms with Gasteiger partial charge in [-0.1, -0.05) is 30.7 Å². The number of carbonyl (C=O) groups is 1. The number of aromatic nitrogens is 3. The van der Waals surface area contributed by atoms with E-state index in [4.69, 9.17) is 5.11 Å². The first-order chi connectivity index (χ1) is 8.72. The summed E-state index contributed by atoms with van der Waals surface area (Å²) < 4.78 is 4.48. The number of fused-ring (bicyclic) bond motifs is 1. The maximum absolute atomic E-state index is 11.0. The first-order valence-electron chi connectivity index (χ1n) is 5.68. The Morgan fingerprint density at radius 3 is 3.06 bits per heavy atom. The van der Waals surface area contributed by atoms with Gasteiger partial charge in [-0.3, -0.25) is 4.79 Å². The topological polar surface area (TPSA) is 80.0 Å². The molecule has 0 aliphatic carbocycles. The molecule has 96 valence electrons. The predicted molar refractivity (Wildman–Crippen MR) is 70.0 cm³/mol. The van der Waals surface area contributed by atoms with Crippen molar-refractivity contribution in [3.63, 3.8) is 0 Å². The number of nitrogens with one attached hydrogen (secondary N) is 1. The predicted octanol–water partition coefficient (Wildman–Crippen LogP) is 1.69. The number of hydrogen-bond acceptors (Lipinski definition) is 5. The molecule has 1 aromatic carbocycles. The monoisotopic (exact) mass is 266 g/mol. The Bertz CT molecular complexity index is 543. The van der Waals surface area contributed by atoms with Crippen molar-refractivity contribution in [1.82, 2.24) is 19.1 Å². The van der Waals surface area contributed by atoms with E-state index in [2.05, 4.69) is 15.0 Å². The smallest absolute Gasteiger partial charge is 0.321 e. The molecule has 0 saturated heterocycles. The molecule has 2 aromatic rings. The number of carboxylic acids is 1. The van der Waals surface area contributed by atoms with Crippen LogP contribution in [0, 0.1) is 0 Å². The second-order valence-corrected chi connectivity index (χ2v) is 4.60. The first kappa shape index (κ1) is 12.8. The summed E-state index contributed by atoms with van der Waals surface area (Å²) in [5.41, 5.74) is 1.64. The molecule has 2 N–H and O–H groups in total. The molecule has 0 radical (unpaired) electrons. The summed E-state index contributed by atoms with van der Waals surface area (Å²) in [4.78, 5) is 11.0. The zero-order chi connectivity index (χ0) is 13.0. The van der Waals surface area contributed by atoms with Crippen molar-refractivity contribution in [3.05, 3.63) is 24.3 Å². The second-order valence-electron chi connectivity index (χ2n) is 3.84. The Labute approximate surface area is 109 Å². The number of carboxylic acid groups (broad SMARTS) is 1. The first-order valence-corrected chi connectivity index (χ1v) is 6.46. The van der Waals surface area contributed by atoms with Crippen molar-refractivity contribution in [3.8, 4) is 0 Å². The van der Waals surface area contributed by atoms with Gasteiger partial charge in [0.1, 0.15) is 17.1 Å². The highest BCUT2D eigenvalue weighted by atomic mass is 32.2. The quantitative estimate of drug-likeness (QED) is 0.774. The SMILES string of the molecule is CCC[C@H](NSn1nnc2ccccc21)C(=O)O. The highest BCUT2D eigenvalue weighted by Crippen LogP contribution is 2.14. The highest BCUT2D eigenvalue weighted by molar-refractivity contribution is 7.96. The molecule has 0 bridgehead atoms.